The van der Waals surface area contributed by atoms with Gasteiger partial charge in [0, 0.05) is 11.6 Å². The minimum atomic E-state index is -0.408. The highest BCUT2D eigenvalue weighted by Gasteiger charge is 2.45. The Morgan fingerprint density at radius 2 is 1.86 bits per heavy atom. The summed E-state index contributed by atoms with van der Waals surface area (Å²) in [5, 5.41) is 4.00. The van der Waals surface area contributed by atoms with Gasteiger partial charge in [0.1, 0.15) is 5.75 Å². The molecule has 1 atom stereocenters. The SMILES string of the molecule is COc1cccc(C(CNC(=O)C2(c3ccc(Cl)cc3)CCC2)N2CCCC2)c1. The molecule has 0 spiro atoms. The van der Waals surface area contributed by atoms with Gasteiger partial charge >= 0.3 is 0 Å². The second kappa shape index (κ2) is 8.76. The van der Waals surface area contributed by atoms with Crippen LogP contribution >= 0.6 is 11.6 Å². The smallest absolute Gasteiger partial charge is 0.230 e. The van der Waals surface area contributed by atoms with Gasteiger partial charge in [0.2, 0.25) is 5.91 Å². The first-order valence-electron chi connectivity index (χ1n) is 10.5. The Morgan fingerprint density at radius 1 is 1.14 bits per heavy atom. The average molecular weight is 413 g/mol. The molecule has 0 aromatic heterocycles. The summed E-state index contributed by atoms with van der Waals surface area (Å²) in [7, 11) is 1.69. The lowest BCUT2D eigenvalue weighted by atomic mass is 9.64. The number of rotatable bonds is 7. The van der Waals surface area contributed by atoms with Crippen LogP contribution in [-0.2, 0) is 10.2 Å². The Bertz CT molecular complexity index is 842. The van der Waals surface area contributed by atoms with Gasteiger partial charge in [-0.3, -0.25) is 9.69 Å². The van der Waals surface area contributed by atoms with Crippen LogP contribution in [-0.4, -0.2) is 37.6 Å². The van der Waals surface area contributed by atoms with Crippen LogP contribution in [0.15, 0.2) is 48.5 Å². The van der Waals surface area contributed by atoms with Crippen molar-refractivity contribution in [2.75, 3.05) is 26.7 Å². The van der Waals surface area contributed by atoms with Crippen LogP contribution < -0.4 is 10.1 Å². The number of methoxy groups -OCH3 is 1. The predicted molar refractivity (Wildman–Crippen MR) is 117 cm³/mol. The number of carbonyl (C=O) groups is 1. The molecule has 1 N–H and O–H groups in total. The van der Waals surface area contributed by atoms with E-state index < -0.39 is 5.41 Å². The summed E-state index contributed by atoms with van der Waals surface area (Å²) < 4.78 is 5.42. The molecule has 2 aliphatic rings. The molecule has 0 radical (unpaired) electrons. The number of hydrogen-bond donors (Lipinski definition) is 1. The van der Waals surface area contributed by atoms with Crippen molar-refractivity contribution in [2.45, 2.75) is 43.6 Å². The maximum absolute atomic E-state index is 13.3. The van der Waals surface area contributed by atoms with Crippen LogP contribution in [0.25, 0.3) is 0 Å². The van der Waals surface area contributed by atoms with E-state index in [1.165, 1.54) is 18.4 Å². The van der Waals surface area contributed by atoms with E-state index in [-0.39, 0.29) is 11.9 Å². The topological polar surface area (TPSA) is 41.6 Å². The van der Waals surface area contributed by atoms with Crippen LogP contribution in [0.5, 0.6) is 5.75 Å². The maximum atomic E-state index is 13.3. The molecule has 4 rings (SSSR count). The Balaban J connectivity index is 1.52. The number of nitrogens with zero attached hydrogens (tertiary/aromatic N) is 1. The molecule has 2 aromatic carbocycles. The van der Waals surface area contributed by atoms with Crippen molar-refractivity contribution in [2.24, 2.45) is 0 Å². The lowest BCUT2D eigenvalue weighted by Crippen LogP contribution is -2.51. The van der Waals surface area contributed by atoms with Gasteiger partial charge in [-0.05, 0) is 74.2 Å². The Morgan fingerprint density at radius 3 is 2.48 bits per heavy atom. The van der Waals surface area contributed by atoms with Crippen molar-refractivity contribution in [3.8, 4) is 5.75 Å². The number of carbonyl (C=O) groups excluding carboxylic acids is 1. The number of amides is 1. The van der Waals surface area contributed by atoms with Gasteiger partial charge in [-0.15, -0.1) is 0 Å². The third-order valence-corrected chi connectivity index (χ3v) is 6.81. The van der Waals surface area contributed by atoms with Crippen LogP contribution in [0, 0.1) is 0 Å². The molecule has 0 bridgehead atoms. The molecule has 2 aromatic rings. The summed E-state index contributed by atoms with van der Waals surface area (Å²) in [4.78, 5) is 15.8. The predicted octanol–water partition coefficient (Wildman–Crippen LogP) is 4.72. The zero-order valence-corrected chi connectivity index (χ0v) is 17.8. The van der Waals surface area contributed by atoms with Gasteiger partial charge in [0.05, 0.1) is 18.6 Å². The van der Waals surface area contributed by atoms with Crippen LogP contribution in [0.4, 0.5) is 0 Å². The summed E-state index contributed by atoms with van der Waals surface area (Å²) in [5.74, 6) is 0.993. The largest absolute Gasteiger partial charge is 0.497 e. The van der Waals surface area contributed by atoms with Crippen molar-refractivity contribution in [3.63, 3.8) is 0 Å². The fourth-order valence-corrected chi connectivity index (χ4v) is 4.79. The van der Waals surface area contributed by atoms with Gasteiger partial charge in [0.15, 0.2) is 0 Å². The van der Waals surface area contributed by atoms with Gasteiger partial charge in [-0.25, -0.2) is 0 Å². The first-order valence-corrected chi connectivity index (χ1v) is 10.9. The second-order valence-electron chi connectivity index (χ2n) is 8.19. The highest BCUT2D eigenvalue weighted by atomic mass is 35.5. The third-order valence-electron chi connectivity index (χ3n) is 6.55. The monoisotopic (exact) mass is 412 g/mol. The number of nitrogens with one attached hydrogen (secondary N) is 1. The molecule has 154 valence electrons. The molecule has 1 aliphatic carbocycles. The fraction of sp³-hybridized carbons (Fsp3) is 0.458. The van der Waals surface area contributed by atoms with Crippen molar-refractivity contribution in [1.82, 2.24) is 10.2 Å². The number of ether oxygens (including phenoxy) is 1. The van der Waals surface area contributed by atoms with Crippen molar-refractivity contribution in [1.29, 1.82) is 0 Å². The normalized spacial score (nSPS) is 19.4. The second-order valence-corrected chi connectivity index (χ2v) is 8.62. The molecule has 1 aliphatic heterocycles. The van der Waals surface area contributed by atoms with Crippen LogP contribution in [0.2, 0.25) is 5.02 Å². The minimum absolute atomic E-state index is 0.137. The molecule has 2 fully saturated rings. The highest BCUT2D eigenvalue weighted by Crippen LogP contribution is 2.44. The molecule has 1 heterocycles. The summed E-state index contributed by atoms with van der Waals surface area (Å²) in [6.07, 6.45) is 5.30. The van der Waals surface area contributed by atoms with E-state index >= 15 is 0 Å². The van der Waals surface area contributed by atoms with E-state index in [4.69, 9.17) is 16.3 Å². The lowest BCUT2D eigenvalue weighted by molar-refractivity contribution is -0.130. The number of benzene rings is 2. The van der Waals surface area contributed by atoms with Gasteiger partial charge in [-0.2, -0.15) is 0 Å². The maximum Gasteiger partial charge on any atom is 0.230 e. The van der Waals surface area contributed by atoms with Crippen molar-refractivity contribution >= 4 is 17.5 Å². The molecule has 5 heteroatoms. The first-order chi connectivity index (χ1) is 14.1. The molecular weight excluding hydrogens is 384 g/mol. The number of hydrogen-bond acceptors (Lipinski definition) is 3. The van der Waals surface area contributed by atoms with Gasteiger partial charge < -0.3 is 10.1 Å². The molecule has 1 saturated heterocycles. The zero-order valence-electron chi connectivity index (χ0n) is 17.0. The van der Waals surface area contributed by atoms with E-state index in [9.17, 15) is 4.79 Å². The Hall–Kier alpha value is -2.04. The lowest BCUT2D eigenvalue weighted by Gasteiger charge is -2.41. The standard InChI is InChI=1S/C24H29ClN2O2/c1-29-21-7-4-6-18(16-21)22(27-14-2-3-15-27)17-26-23(28)24(12-5-13-24)19-8-10-20(25)11-9-19/h4,6-11,16,22H,2-3,5,12-15,17H2,1H3,(H,26,28). The van der Waals surface area contributed by atoms with E-state index in [0.717, 1.165) is 43.7 Å². The molecule has 1 amide bonds. The Kier molecular flexibility index (Phi) is 6.12. The van der Waals surface area contributed by atoms with Crippen molar-refractivity contribution < 1.29 is 9.53 Å². The zero-order chi connectivity index (χ0) is 20.3. The quantitative estimate of drug-likeness (QED) is 0.715. The molecular formula is C24H29ClN2O2. The van der Waals surface area contributed by atoms with Gasteiger partial charge in [0.25, 0.3) is 0 Å². The molecule has 29 heavy (non-hydrogen) atoms. The molecule has 1 unspecified atom stereocenters. The number of likely N-dealkylation sites (tertiary alicyclic amines) is 1. The summed E-state index contributed by atoms with van der Waals surface area (Å²) >= 11 is 6.05. The van der Waals surface area contributed by atoms with E-state index in [0.29, 0.717) is 11.6 Å². The average Bonchev–Trinajstić information content (AvgIpc) is 3.23. The highest BCUT2D eigenvalue weighted by molar-refractivity contribution is 6.30. The molecule has 4 nitrogen and oxygen atoms in total. The van der Waals surface area contributed by atoms with E-state index in [1.807, 2.05) is 36.4 Å². The fourth-order valence-electron chi connectivity index (χ4n) is 4.66. The summed E-state index contributed by atoms with van der Waals surface area (Å²) in [5.41, 5.74) is 1.86. The van der Waals surface area contributed by atoms with E-state index in [1.54, 1.807) is 7.11 Å². The van der Waals surface area contributed by atoms with Crippen molar-refractivity contribution in [3.05, 3.63) is 64.7 Å². The van der Waals surface area contributed by atoms with Crippen LogP contribution in [0.1, 0.15) is 49.3 Å². The van der Waals surface area contributed by atoms with Gasteiger partial charge in [-0.1, -0.05) is 42.3 Å². The molecule has 1 saturated carbocycles. The number of halogens is 1. The summed E-state index contributed by atoms with van der Waals surface area (Å²) in [6, 6.07) is 16.2. The third kappa shape index (κ3) is 4.15. The summed E-state index contributed by atoms with van der Waals surface area (Å²) in [6.45, 7) is 2.75. The van der Waals surface area contributed by atoms with E-state index in [2.05, 4.69) is 22.3 Å². The first kappa shape index (κ1) is 20.2. The van der Waals surface area contributed by atoms with Crippen LogP contribution in [0.3, 0.4) is 0 Å². The minimum Gasteiger partial charge on any atom is -0.497 e. The Labute approximate surface area is 178 Å².